The molecular weight excluding hydrogens is 268 g/mol. The summed E-state index contributed by atoms with van der Waals surface area (Å²) < 4.78 is 6.26. The largest absolute Gasteiger partial charge is 0.374 e. The minimum atomic E-state index is 0.312. The first-order valence-electron chi connectivity index (χ1n) is 10.2. The maximum atomic E-state index is 6.26. The highest BCUT2D eigenvalue weighted by Gasteiger charge is 2.66. The highest BCUT2D eigenvalue weighted by molar-refractivity contribution is 5.16. The first kappa shape index (κ1) is 14.3. The maximum Gasteiger partial charge on any atom is 0.0760 e. The van der Waals surface area contributed by atoms with Crippen LogP contribution in [0.25, 0.3) is 0 Å². The molecule has 0 bridgehead atoms. The van der Waals surface area contributed by atoms with Gasteiger partial charge < -0.3 is 4.74 Å². The van der Waals surface area contributed by atoms with Crippen molar-refractivity contribution in [1.82, 2.24) is 0 Å². The van der Waals surface area contributed by atoms with Gasteiger partial charge >= 0.3 is 0 Å². The zero-order valence-corrected chi connectivity index (χ0v) is 14.7. The molecule has 0 N–H and O–H groups in total. The molecule has 0 radical (unpaired) electrons. The molecule has 1 nitrogen and oxygen atoms in total. The molecular formula is C21H34O. The average Bonchev–Trinajstić information content (AvgIpc) is 2.79. The van der Waals surface area contributed by atoms with E-state index in [-0.39, 0.29) is 0 Å². The van der Waals surface area contributed by atoms with Crippen LogP contribution in [0.2, 0.25) is 0 Å². The van der Waals surface area contributed by atoms with E-state index in [1.807, 2.05) is 0 Å². The molecule has 0 aromatic rings. The van der Waals surface area contributed by atoms with Crippen molar-refractivity contribution in [2.75, 3.05) is 6.61 Å². The summed E-state index contributed by atoms with van der Waals surface area (Å²) >= 11 is 0. The van der Waals surface area contributed by atoms with Gasteiger partial charge in [-0.25, -0.2) is 0 Å². The van der Waals surface area contributed by atoms with Crippen molar-refractivity contribution < 1.29 is 4.74 Å². The molecule has 22 heavy (non-hydrogen) atoms. The van der Waals surface area contributed by atoms with Crippen LogP contribution in [0.1, 0.15) is 84.5 Å². The van der Waals surface area contributed by atoms with Gasteiger partial charge in [0.2, 0.25) is 0 Å². The third-order valence-corrected chi connectivity index (χ3v) is 9.76. The lowest BCUT2D eigenvalue weighted by Gasteiger charge is -2.63. The Balaban J connectivity index is 1.47. The summed E-state index contributed by atoms with van der Waals surface area (Å²) in [5.41, 5.74) is 1.52. The molecule has 5 fully saturated rings. The monoisotopic (exact) mass is 302 g/mol. The van der Waals surface area contributed by atoms with Crippen LogP contribution in [0.4, 0.5) is 0 Å². The Labute approximate surface area is 136 Å². The summed E-state index contributed by atoms with van der Waals surface area (Å²) in [5, 5.41) is 0. The van der Waals surface area contributed by atoms with Gasteiger partial charge in [0.25, 0.3) is 0 Å². The fourth-order valence-electron chi connectivity index (χ4n) is 8.38. The van der Waals surface area contributed by atoms with Crippen LogP contribution in [-0.2, 0) is 4.74 Å². The SMILES string of the molecule is C[C@]12CCC3C(CC[C@H]4CCCC[C@]34C)C1CC[C@@]21CCO1. The van der Waals surface area contributed by atoms with Gasteiger partial charge in [-0.05, 0) is 85.9 Å². The Morgan fingerprint density at radius 2 is 1.59 bits per heavy atom. The van der Waals surface area contributed by atoms with E-state index in [2.05, 4.69) is 13.8 Å². The minimum absolute atomic E-state index is 0.312. The Hall–Kier alpha value is -0.0400. The topological polar surface area (TPSA) is 9.23 Å². The average molecular weight is 303 g/mol. The second-order valence-corrected chi connectivity index (χ2v) is 9.99. The summed E-state index contributed by atoms with van der Waals surface area (Å²) in [5.74, 6) is 4.11. The van der Waals surface area contributed by atoms with Crippen molar-refractivity contribution in [3.05, 3.63) is 0 Å². The molecule has 1 spiro atoms. The van der Waals surface area contributed by atoms with Gasteiger partial charge in [0.15, 0.2) is 0 Å². The molecule has 1 saturated heterocycles. The predicted octanol–water partition coefficient (Wildman–Crippen LogP) is 5.58. The van der Waals surface area contributed by atoms with Crippen molar-refractivity contribution in [3.8, 4) is 0 Å². The second-order valence-electron chi connectivity index (χ2n) is 9.99. The van der Waals surface area contributed by atoms with Crippen LogP contribution in [0, 0.1) is 34.5 Å². The van der Waals surface area contributed by atoms with Crippen LogP contribution in [-0.4, -0.2) is 12.2 Å². The molecule has 5 rings (SSSR count). The fraction of sp³-hybridized carbons (Fsp3) is 1.00. The van der Waals surface area contributed by atoms with E-state index < -0.39 is 0 Å². The highest BCUT2D eigenvalue weighted by atomic mass is 16.5. The van der Waals surface area contributed by atoms with Crippen LogP contribution in [0.3, 0.4) is 0 Å². The first-order valence-corrected chi connectivity index (χ1v) is 10.2. The van der Waals surface area contributed by atoms with E-state index in [1.165, 1.54) is 64.2 Å². The first-order chi connectivity index (χ1) is 10.6. The molecule has 3 unspecified atom stereocenters. The van der Waals surface area contributed by atoms with Crippen molar-refractivity contribution in [2.24, 2.45) is 34.5 Å². The third kappa shape index (κ3) is 1.55. The number of hydrogen-bond acceptors (Lipinski definition) is 1. The molecule has 5 aliphatic rings. The van der Waals surface area contributed by atoms with Gasteiger partial charge in [-0.15, -0.1) is 0 Å². The maximum absolute atomic E-state index is 6.26. The molecule has 0 amide bonds. The molecule has 124 valence electrons. The van der Waals surface area contributed by atoms with Gasteiger partial charge in [0, 0.05) is 6.42 Å². The predicted molar refractivity (Wildman–Crippen MR) is 89.6 cm³/mol. The minimum Gasteiger partial charge on any atom is -0.374 e. The van der Waals surface area contributed by atoms with Crippen molar-refractivity contribution in [1.29, 1.82) is 0 Å². The molecule has 7 atom stereocenters. The Kier molecular flexibility index (Phi) is 2.94. The van der Waals surface area contributed by atoms with E-state index in [9.17, 15) is 0 Å². The van der Waals surface area contributed by atoms with Crippen LogP contribution < -0.4 is 0 Å². The Morgan fingerprint density at radius 1 is 0.773 bits per heavy atom. The standard InChI is InChI=1S/C21H34O/c1-19-10-4-3-5-15(19)6-7-16-17(19)8-11-20(2)18(16)9-12-21(20)13-14-22-21/h15-18H,3-14H2,1-2H3/t15-,16?,17?,18?,19+,20+,21-/m1/s1. The van der Waals surface area contributed by atoms with Crippen molar-refractivity contribution in [3.63, 3.8) is 0 Å². The lowest BCUT2D eigenvalue weighted by Crippen LogP contribution is -2.59. The third-order valence-electron chi connectivity index (χ3n) is 9.76. The van der Waals surface area contributed by atoms with E-state index in [4.69, 9.17) is 4.74 Å². The smallest absolute Gasteiger partial charge is 0.0760 e. The van der Waals surface area contributed by atoms with Gasteiger partial charge in [0.1, 0.15) is 0 Å². The molecule has 0 aromatic carbocycles. The van der Waals surface area contributed by atoms with Gasteiger partial charge in [-0.3, -0.25) is 0 Å². The number of ether oxygens (including phenoxy) is 1. The summed E-state index contributed by atoms with van der Waals surface area (Å²) in [6.07, 6.45) is 16.3. The highest BCUT2D eigenvalue weighted by Crippen LogP contribution is 2.70. The van der Waals surface area contributed by atoms with Crippen molar-refractivity contribution in [2.45, 2.75) is 90.1 Å². The Morgan fingerprint density at radius 3 is 2.36 bits per heavy atom. The molecule has 1 heteroatoms. The quantitative estimate of drug-likeness (QED) is 0.567. The molecule has 4 saturated carbocycles. The zero-order chi connectivity index (χ0) is 15.0. The molecule has 0 aromatic heterocycles. The molecule has 1 heterocycles. The lowest BCUT2D eigenvalue weighted by atomic mass is 9.44. The van der Waals surface area contributed by atoms with Crippen LogP contribution >= 0.6 is 0 Å². The van der Waals surface area contributed by atoms with Gasteiger partial charge in [-0.1, -0.05) is 26.7 Å². The van der Waals surface area contributed by atoms with Crippen LogP contribution in [0.15, 0.2) is 0 Å². The normalized spacial score (nSPS) is 60.3. The molecule has 1 aliphatic heterocycles. The number of hydrogen-bond donors (Lipinski definition) is 0. The van der Waals surface area contributed by atoms with Gasteiger partial charge in [0.05, 0.1) is 12.2 Å². The van der Waals surface area contributed by atoms with E-state index in [0.717, 1.165) is 30.3 Å². The van der Waals surface area contributed by atoms with Crippen LogP contribution in [0.5, 0.6) is 0 Å². The molecule has 4 aliphatic carbocycles. The number of fused-ring (bicyclic) bond motifs is 6. The lowest BCUT2D eigenvalue weighted by molar-refractivity contribution is -0.231. The van der Waals surface area contributed by atoms with Gasteiger partial charge in [-0.2, -0.15) is 0 Å². The second kappa shape index (κ2) is 4.52. The summed E-state index contributed by atoms with van der Waals surface area (Å²) in [4.78, 5) is 0. The summed E-state index contributed by atoms with van der Waals surface area (Å²) in [7, 11) is 0. The summed E-state index contributed by atoms with van der Waals surface area (Å²) in [6, 6.07) is 0. The fourth-order valence-corrected chi connectivity index (χ4v) is 8.38. The Bertz CT molecular complexity index is 465. The summed E-state index contributed by atoms with van der Waals surface area (Å²) in [6.45, 7) is 6.35. The van der Waals surface area contributed by atoms with E-state index in [0.29, 0.717) is 16.4 Å². The van der Waals surface area contributed by atoms with Crippen molar-refractivity contribution >= 4 is 0 Å². The van der Waals surface area contributed by atoms with E-state index in [1.54, 1.807) is 6.42 Å². The number of rotatable bonds is 0. The van der Waals surface area contributed by atoms with E-state index >= 15 is 0 Å². The zero-order valence-electron chi connectivity index (χ0n) is 14.7.